The van der Waals surface area contributed by atoms with Gasteiger partial charge in [-0.05, 0) is 44.9 Å². The maximum absolute atomic E-state index is 12.4. The van der Waals surface area contributed by atoms with Crippen LogP contribution >= 0.6 is 0 Å². The molecule has 0 radical (unpaired) electrons. The van der Waals surface area contributed by atoms with Crippen molar-refractivity contribution in [1.29, 1.82) is 0 Å². The van der Waals surface area contributed by atoms with E-state index in [1.807, 2.05) is 39.0 Å². The van der Waals surface area contributed by atoms with Gasteiger partial charge in [-0.15, -0.1) is 0 Å². The lowest BCUT2D eigenvalue weighted by Crippen LogP contribution is -2.34. The fourth-order valence-corrected chi connectivity index (χ4v) is 2.63. The highest BCUT2D eigenvalue weighted by atomic mass is 16.6. The first kappa shape index (κ1) is 18.4. The lowest BCUT2D eigenvalue weighted by Gasteiger charge is -2.22. The van der Waals surface area contributed by atoms with Crippen LogP contribution in [0.25, 0.3) is 0 Å². The van der Waals surface area contributed by atoms with Crippen molar-refractivity contribution in [2.24, 2.45) is 0 Å². The molecular weight excluding hydrogens is 320 g/mol. The average molecular weight is 342 g/mol. The zero-order chi connectivity index (χ0) is 18.6. The Kier molecular flexibility index (Phi) is 5.69. The van der Waals surface area contributed by atoms with Gasteiger partial charge in [0.15, 0.2) is 0 Å². The van der Waals surface area contributed by atoms with Crippen molar-refractivity contribution < 1.29 is 9.72 Å². The Morgan fingerprint density at radius 3 is 2.36 bits per heavy atom. The molecule has 0 bridgehead atoms. The number of benzene rings is 1. The van der Waals surface area contributed by atoms with E-state index in [0.29, 0.717) is 18.1 Å². The summed E-state index contributed by atoms with van der Waals surface area (Å²) in [6.07, 6.45) is 0. The smallest absolute Gasteiger partial charge is 0.290 e. The van der Waals surface area contributed by atoms with Gasteiger partial charge in [0.25, 0.3) is 5.69 Å². The molecule has 0 aliphatic heterocycles. The van der Waals surface area contributed by atoms with Gasteiger partial charge in [0, 0.05) is 18.3 Å². The van der Waals surface area contributed by atoms with Crippen LogP contribution in [0.4, 0.5) is 17.2 Å². The van der Waals surface area contributed by atoms with Crippen molar-refractivity contribution in [1.82, 2.24) is 4.98 Å². The van der Waals surface area contributed by atoms with E-state index in [0.717, 1.165) is 16.8 Å². The van der Waals surface area contributed by atoms with E-state index < -0.39 is 4.92 Å². The van der Waals surface area contributed by atoms with E-state index in [-0.39, 0.29) is 18.1 Å². The lowest BCUT2D eigenvalue weighted by molar-refractivity contribution is -0.385. The number of amides is 1. The minimum absolute atomic E-state index is 0.0280. The van der Waals surface area contributed by atoms with Gasteiger partial charge in [0.05, 0.1) is 11.5 Å². The van der Waals surface area contributed by atoms with Crippen LogP contribution in [0.1, 0.15) is 23.7 Å². The maximum Gasteiger partial charge on any atom is 0.290 e. The SMILES string of the molecule is CCN(CC(=O)Nc1c(C)cccc1C)c1ccc([N+](=O)[O-])c(C)n1. The van der Waals surface area contributed by atoms with Gasteiger partial charge in [0.1, 0.15) is 11.5 Å². The molecule has 0 saturated carbocycles. The number of nitrogens with one attached hydrogen (secondary N) is 1. The largest absolute Gasteiger partial charge is 0.348 e. The summed E-state index contributed by atoms with van der Waals surface area (Å²) in [5.74, 6) is 0.388. The van der Waals surface area contributed by atoms with Crippen LogP contribution in [0.15, 0.2) is 30.3 Å². The lowest BCUT2D eigenvalue weighted by atomic mass is 10.1. The highest BCUT2D eigenvalue weighted by Crippen LogP contribution is 2.22. The van der Waals surface area contributed by atoms with E-state index in [9.17, 15) is 14.9 Å². The number of carbonyl (C=O) groups is 1. The third kappa shape index (κ3) is 4.32. The number of nitrogens with zero attached hydrogens (tertiary/aromatic N) is 3. The van der Waals surface area contributed by atoms with E-state index >= 15 is 0 Å². The van der Waals surface area contributed by atoms with Gasteiger partial charge in [-0.25, -0.2) is 4.98 Å². The normalized spacial score (nSPS) is 10.4. The van der Waals surface area contributed by atoms with Crippen LogP contribution in [0.2, 0.25) is 0 Å². The first-order chi connectivity index (χ1) is 11.8. The van der Waals surface area contributed by atoms with Gasteiger partial charge >= 0.3 is 0 Å². The second-order valence-corrected chi connectivity index (χ2v) is 5.86. The summed E-state index contributed by atoms with van der Waals surface area (Å²) in [7, 11) is 0. The Labute approximate surface area is 146 Å². The van der Waals surface area contributed by atoms with Crippen molar-refractivity contribution in [2.75, 3.05) is 23.3 Å². The molecule has 0 fully saturated rings. The van der Waals surface area contributed by atoms with Crippen LogP contribution in [0.3, 0.4) is 0 Å². The number of anilines is 2. The Bertz CT molecular complexity index is 785. The van der Waals surface area contributed by atoms with Crippen LogP contribution in [-0.2, 0) is 4.79 Å². The molecule has 132 valence electrons. The summed E-state index contributed by atoms with van der Waals surface area (Å²) in [4.78, 5) is 28.9. The number of carbonyl (C=O) groups excluding carboxylic acids is 1. The highest BCUT2D eigenvalue weighted by Gasteiger charge is 2.17. The van der Waals surface area contributed by atoms with E-state index in [4.69, 9.17) is 0 Å². The molecule has 0 spiro atoms. The molecule has 2 rings (SSSR count). The molecule has 7 heteroatoms. The molecule has 25 heavy (non-hydrogen) atoms. The fraction of sp³-hybridized carbons (Fsp3) is 0.333. The Hall–Kier alpha value is -2.96. The van der Waals surface area contributed by atoms with Gasteiger partial charge in [-0.2, -0.15) is 0 Å². The molecule has 7 nitrogen and oxygen atoms in total. The number of hydrogen-bond donors (Lipinski definition) is 1. The van der Waals surface area contributed by atoms with Crippen LogP contribution in [0, 0.1) is 30.9 Å². The van der Waals surface area contributed by atoms with E-state index in [2.05, 4.69) is 10.3 Å². The van der Waals surface area contributed by atoms with Gasteiger partial charge < -0.3 is 10.2 Å². The van der Waals surface area contributed by atoms with Crippen LogP contribution in [-0.4, -0.2) is 28.9 Å². The minimum Gasteiger partial charge on any atom is -0.348 e. The van der Waals surface area contributed by atoms with E-state index in [1.165, 1.54) is 6.07 Å². The standard InChI is InChI=1S/C18H22N4O3/c1-5-21(16-10-9-15(22(24)25)14(4)19-16)11-17(23)20-18-12(2)7-6-8-13(18)3/h6-10H,5,11H2,1-4H3,(H,20,23). The van der Waals surface area contributed by atoms with Crippen LogP contribution < -0.4 is 10.2 Å². The molecule has 0 saturated heterocycles. The maximum atomic E-state index is 12.4. The Morgan fingerprint density at radius 1 is 1.20 bits per heavy atom. The first-order valence-corrected chi connectivity index (χ1v) is 8.06. The van der Waals surface area contributed by atoms with Crippen molar-refractivity contribution in [3.8, 4) is 0 Å². The first-order valence-electron chi connectivity index (χ1n) is 8.06. The van der Waals surface area contributed by atoms with Crippen molar-refractivity contribution in [3.05, 3.63) is 57.3 Å². The Balaban J connectivity index is 2.15. The molecule has 0 atom stereocenters. The zero-order valence-corrected chi connectivity index (χ0v) is 14.9. The predicted octanol–water partition coefficient (Wildman–Crippen LogP) is 3.38. The summed E-state index contributed by atoms with van der Waals surface area (Å²) in [5.41, 5.74) is 3.12. The molecule has 0 aliphatic rings. The average Bonchev–Trinajstić information content (AvgIpc) is 2.55. The fourth-order valence-electron chi connectivity index (χ4n) is 2.63. The molecule has 2 aromatic rings. The third-order valence-electron chi connectivity index (χ3n) is 4.03. The topological polar surface area (TPSA) is 88.4 Å². The number of aromatic nitrogens is 1. The number of hydrogen-bond acceptors (Lipinski definition) is 5. The van der Waals surface area contributed by atoms with Crippen molar-refractivity contribution in [2.45, 2.75) is 27.7 Å². The molecule has 1 N–H and O–H groups in total. The summed E-state index contributed by atoms with van der Waals surface area (Å²) in [5, 5.41) is 13.8. The Morgan fingerprint density at radius 2 is 1.84 bits per heavy atom. The quantitative estimate of drug-likeness (QED) is 0.642. The second-order valence-electron chi connectivity index (χ2n) is 5.86. The number of rotatable bonds is 6. The molecular formula is C18H22N4O3. The monoisotopic (exact) mass is 342 g/mol. The summed E-state index contributed by atoms with van der Waals surface area (Å²) >= 11 is 0. The van der Waals surface area contributed by atoms with E-state index in [1.54, 1.807) is 17.9 Å². The molecule has 1 aromatic carbocycles. The number of nitro groups is 1. The molecule has 0 aliphatic carbocycles. The third-order valence-corrected chi connectivity index (χ3v) is 4.03. The summed E-state index contributed by atoms with van der Waals surface area (Å²) < 4.78 is 0. The van der Waals surface area contributed by atoms with Crippen LogP contribution in [0.5, 0.6) is 0 Å². The number of aryl methyl sites for hydroxylation is 3. The minimum atomic E-state index is -0.462. The summed E-state index contributed by atoms with van der Waals surface area (Å²) in [6, 6.07) is 8.83. The number of para-hydroxylation sites is 1. The number of likely N-dealkylation sites (N-methyl/N-ethyl adjacent to an activating group) is 1. The molecule has 0 unspecified atom stereocenters. The molecule has 1 amide bonds. The molecule has 1 aromatic heterocycles. The van der Waals surface area contributed by atoms with Crippen molar-refractivity contribution in [3.63, 3.8) is 0 Å². The molecule has 1 heterocycles. The van der Waals surface area contributed by atoms with Gasteiger partial charge in [0.2, 0.25) is 5.91 Å². The zero-order valence-electron chi connectivity index (χ0n) is 14.9. The van der Waals surface area contributed by atoms with Gasteiger partial charge in [-0.3, -0.25) is 14.9 Å². The second kappa shape index (κ2) is 7.74. The highest BCUT2D eigenvalue weighted by molar-refractivity contribution is 5.95. The summed E-state index contributed by atoms with van der Waals surface area (Å²) in [6.45, 7) is 8.07. The number of pyridine rings is 1. The van der Waals surface area contributed by atoms with Gasteiger partial charge in [-0.1, -0.05) is 18.2 Å². The predicted molar refractivity (Wildman–Crippen MR) is 98.1 cm³/mol. The van der Waals surface area contributed by atoms with Crippen molar-refractivity contribution >= 4 is 23.1 Å².